The Morgan fingerprint density at radius 3 is 2.13 bits per heavy atom. The quantitative estimate of drug-likeness (QED) is 0.618. The number of benzene rings is 1. The number of rotatable bonds is 5. The molecular weight excluding hydrogens is 411 g/mol. The Morgan fingerprint density at radius 1 is 1.22 bits per heavy atom. The van der Waals surface area contributed by atoms with Crippen molar-refractivity contribution in [3.8, 4) is 0 Å². The SMILES string of the molecule is C[Si](C)(C)C1(CN(c2ccccc2Br)S(=O)(=O)C(F)(F)F)CC1. The number of para-hydroxylation sites is 1. The lowest BCUT2D eigenvalue weighted by Gasteiger charge is -2.35. The highest BCUT2D eigenvalue weighted by Crippen LogP contribution is 2.61. The van der Waals surface area contributed by atoms with Crippen molar-refractivity contribution in [1.82, 2.24) is 0 Å². The van der Waals surface area contributed by atoms with Gasteiger partial charge in [0.25, 0.3) is 0 Å². The number of hydrogen-bond donors (Lipinski definition) is 0. The summed E-state index contributed by atoms with van der Waals surface area (Å²) in [6.07, 6.45) is 1.55. The lowest BCUT2D eigenvalue weighted by molar-refractivity contribution is -0.0438. The first-order chi connectivity index (χ1) is 10.3. The summed E-state index contributed by atoms with van der Waals surface area (Å²) >= 11 is 3.17. The third kappa shape index (κ3) is 3.46. The third-order valence-electron chi connectivity index (χ3n) is 4.59. The van der Waals surface area contributed by atoms with E-state index in [0.29, 0.717) is 8.78 Å². The first-order valence-electron chi connectivity index (χ1n) is 7.15. The maximum Gasteiger partial charge on any atom is 0.516 e. The fourth-order valence-electron chi connectivity index (χ4n) is 2.65. The largest absolute Gasteiger partial charge is 0.516 e. The van der Waals surface area contributed by atoms with Gasteiger partial charge < -0.3 is 0 Å². The summed E-state index contributed by atoms with van der Waals surface area (Å²) in [7, 11) is -7.26. The van der Waals surface area contributed by atoms with Crippen molar-refractivity contribution in [3.63, 3.8) is 0 Å². The Balaban J connectivity index is 2.53. The van der Waals surface area contributed by atoms with Crippen LogP contribution in [0.15, 0.2) is 28.7 Å². The van der Waals surface area contributed by atoms with Gasteiger partial charge in [0, 0.05) is 11.0 Å². The summed E-state index contributed by atoms with van der Waals surface area (Å²) in [6, 6.07) is 6.11. The molecule has 0 aliphatic heterocycles. The predicted octanol–water partition coefficient (Wildman–Crippen LogP) is 4.98. The monoisotopic (exact) mass is 429 g/mol. The molecule has 9 heteroatoms. The van der Waals surface area contributed by atoms with E-state index in [9.17, 15) is 21.6 Å². The van der Waals surface area contributed by atoms with Gasteiger partial charge >= 0.3 is 15.5 Å². The molecule has 0 heterocycles. The zero-order chi connectivity index (χ0) is 17.7. The first kappa shape index (κ1) is 18.8. The van der Waals surface area contributed by atoms with Gasteiger partial charge in [-0.25, -0.2) is 0 Å². The van der Waals surface area contributed by atoms with E-state index < -0.39 is 23.6 Å². The van der Waals surface area contributed by atoms with Crippen LogP contribution in [0.3, 0.4) is 0 Å². The van der Waals surface area contributed by atoms with Crippen molar-refractivity contribution in [2.24, 2.45) is 0 Å². The molecule has 0 atom stereocenters. The second-order valence-electron chi connectivity index (χ2n) is 6.94. The van der Waals surface area contributed by atoms with Crippen molar-refractivity contribution >= 4 is 39.7 Å². The number of nitrogens with zero attached hydrogens (tertiary/aromatic N) is 1. The van der Waals surface area contributed by atoms with Crippen LogP contribution in [-0.2, 0) is 10.0 Å². The van der Waals surface area contributed by atoms with Crippen LogP contribution in [-0.4, -0.2) is 28.5 Å². The van der Waals surface area contributed by atoms with Crippen LogP contribution in [0.25, 0.3) is 0 Å². The molecule has 0 saturated heterocycles. The average molecular weight is 430 g/mol. The van der Waals surface area contributed by atoms with E-state index in [1.165, 1.54) is 12.1 Å². The van der Waals surface area contributed by atoms with Crippen molar-refractivity contribution in [1.29, 1.82) is 0 Å². The molecule has 130 valence electrons. The predicted molar refractivity (Wildman–Crippen MR) is 91.7 cm³/mol. The van der Waals surface area contributed by atoms with E-state index >= 15 is 0 Å². The fourth-order valence-corrected chi connectivity index (χ4v) is 6.72. The standard InChI is InChI=1S/C14H19BrF3NO2SSi/c1-23(2,3)13(8-9-13)10-19(22(20,21)14(16,17)18)12-7-5-4-6-11(12)15/h4-7H,8-10H2,1-3H3. The summed E-state index contributed by atoms with van der Waals surface area (Å²) in [5.41, 5.74) is -5.29. The van der Waals surface area contributed by atoms with Gasteiger partial charge in [-0.15, -0.1) is 0 Å². The lowest BCUT2D eigenvalue weighted by Crippen LogP contribution is -2.47. The zero-order valence-electron chi connectivity index (χ0n) is 13.1. The summed E-state index contributed by atoms with van der Waals surface area (Å²) in [5.74, 6) is 0. The van der Waals surface area contributed by atoms with Gasteiger partial charge in [0.1, 0.15) is 0 Å². The van der Waals surface area contributed by atoms with Crippen molar-refractivity contribution in [2.75, 3.05) is 10.8 Å². The van der Waals surface area contributed by atoms with Crippen LogP contribution in [0, 0.1) is 0 Å². The number of hydrogen-bond acceptors (Lipinski definition) is 2. The molecule has 1 aromatic carbocycles. The highest BCUT2D eigenvalue weighted by molar-refractivity contribution is 9.10. The molecule has 0 bridgehead atoms. The summed E-state index contributed by atoms with van der Waals surface area (Å²) in [5, 5.41) is -0.305. The van der Waals surface area contributed by atoms with Gasteiger partial charge in [-0.1, -0.05) is 31.8 Å². The van der Waals surface area contributed by atoms with Crippen LogP contribution in [0.5, 0.6) is 0 Å². The summed E-state index contributed by atoms with van der Waals surface area (Å²) in [4.78, 5) is 0. The van der Waals surface area contributed by atoms with Gasteiger partial charge in [0.05, 0.1) is 13.8 Å². The zero-order valence-corrected chi connectivity index (χ0v) is 16.5. The molecule has 23 heavy (non-hydrogen) atoms. The van der Waals surface area contributed by atoms with E-state index in [1.807, 2.05) is 0 Å². The van der Waals surface area contributed by atoms with Gasteiger partial charge in [-0.05, 0) is 45.9 Å². The topological polar surface area (TPSA) is 37.4 Å². The molecule has 0 radical (unpaired) electrons. The normalized spacial score (nSPS) is 17.9. The fraction of sp³-hybridized carbons (Fsp3) is 0.571. The summed E-state index contributed by atoms with van der Waals surface area (Å²) < 4.78 is 64.6. The van der Waals surface area contributed by atoms with E-state index in [1.54, 1.807) is 12.1 Å². The number of sulfonamides is 1. The second kappa shape index (κ2) is 5.77. The van der Waals surface area contributed by atoms with Gasteiger partial charge in [0.15, 0.2) is 0 Å². The van der Waals surface area contributed by atoms with Gasteiger partial charge in [0.2, 0.25) is 0 Å². The minimum Gasteiger partial charge on any atom is -0.261 e. The highest BCUT2D eigenvalue weighted by Gasteiger charge is 2.58. The molecule has 1 aliphatic rings. The van der Waals surface area contributed by atoms with E-state index in [-0.39, 0.29) is 17.3 Å². The average Bonchev–Trinajstić information content (AvgIpc) is 3.16. The molecule has 1 fully saturated rings. The molecule has 1 aliphatic carbocycles. The van der Waals surface area contributed by atoms with Crippen molar-refractivity contribution < 1.29 is 21.6 Å². The molecule has 0 amide bonds. The van der Waals surface area contributed by atoms with Crippen LogP contribution in [0.1, 0.15) is 12.8 Å². The molecule has 1 aromatic rings. The highest BCUT2D eigenvalue weighted by atomic mass is 79.9. The smallest absolute Gasteiger partial charge is 0.261 e. The minimum atomic E-state index is -5.44. The van der Waals surface area contributed by atoms with E-state index in [0.717, 1.165) is 12.8 Å². The Morgan fingerprint density at radius 2 is 1.74 bits per heavy atom. The van der Waals surface area contributed by atoms with E-state index in [4.69, 9.17) is 0 Å². The molecule has 0 aromatic heterocycles. The second-order valence-corrected chi connectivity index (χ2v) is 15.2. The molecular formula is C14H19BrF3NO2SSi. The minimum absolute atomic E-state index is 0.0364. The van der Waals surface area contributed by atoms with Gasteiger partial charge in [-0.2, -0.15) is 21.6 Å². The molecule has 0 spiro atoms. The van der Waals surface area contributed by atoms with Crippen LogP contribution < -0.4 is 4.31 Å². The third-order valence-corrected chi connectivity index (χ3v) is 10.6. The lowest BCUT2D eigenvalue weighted by atomic mass is 10.3. The Labute approximate surface area is 144 Å². The Hall–Kier alpha value is -0.543. The Kier molecular flexibility index (Phi) is 4.71. The number of anilines is 1. The van der Waals surface area contributed by atoms with Crippen LogP contribution in [0.2, 0.25) is 24.7 Å². The molecule has 0 unspecified atom stereocenters. The number of halogens is 4. The van der Waals surface area contributed by atoms with Crippen LogP contribution >= 0.6 is 15.9 Å². The maximum absolute atomic E-state index is 13.2. The van der Waals surface area contributed by atoms with Crippen molar-refractivity contribution in [2.45, 2.75) is 43.0 Å². The maximum atomic E-state index is 13.2. The Bertz CT molecular complexity index is 697. The summed E-state index contributed by atoms with van der Waals surface area (Å²) in [6.45, 7) is 6.09. The van der Waals surface area contributed by atoms with Crippen molar-refractivity contribution in [3.05, 3.63) is 28.7 Å². The molecule has 2 rings (SSSR count). The van der Waals surface area contributed by atoms with E-state index in [2.05, 4.69) is 35.6 Å². The van der Waals surface area contributed by atoms with Gasteiger partial charge in [-0.3, -0.25) is 4.31 Å². The molecule has 3 nitrogen and oxygen atoms in total. The van der Waals surface area contributed by atoms with Crippen LogP contribution in [0.4, 0.5) is 18.9 Å². The first-order valence-corrected chi connectivity index (χ1v) is 12.9. The molecule has 1 saturated carbocycles. The molecule has 0 N–H and O–H groups in total. The number of alkyl halides is 3.